The van der Waals surface area contributed by atoms with Gasteiger partial charge in [0.15, 0.2) is 0 Å². The van der Waals surface area contributed by atoms with E-state index in [4.69, 9.17) is 10.8 Å². The van der Waals surface area contributed by atoms with E-state index in [0.717, 1.165) is 23.6 Å². The highest BCUT2D eigenvalue weighted by Gasteiger charge is 2.25. The number of aromatic nitrogens is 2. The van der Waals surface area contributed by atoms with Crippen molar-refractivity contribution in [1.29, 1.82) is 0 Å². The number of amides is 1. The maximum Gasteiger partial charge on any atom is 0.241 e. The van der Waals surface area contributed by atoms with Crippen LogP contribution in [0.5, 0.6) is 0 Å². The van der Waals surface area contributed by atoms with Gasteiger partial charge in [-0.05, 0) is 12.0 Å². The molecule has 2 aromatic rings. The lowest BCUT2D eigenvalue weighted by molar-refractivity contribution is -0.133. The predicted octanol–water partition coefficient (Wildman–Crippen LogP) is 0.360. The van der Waals surface area contributed by atoms with E-state index >= 15 is 0 Å². The van der Waals surface area contributed by atoms with Crippen molar-refractivity contribution in [2.45, 2.75) is 25.4 Å². The molecule has 0 saturated heterocycles. The van der Waals surface area contributed by atoms with Crippen LogP contribution in [0.15, 0.2) is 36.7 Å². The van der Waals surface area contributed by atoms with Gasteiger partial charge in [-0.2, -0.15) is 0 Å². The van der Waals surface area contributed by atoms with E-state index in [0.29, 0.717) is 25.9 Å². The molecule has 0 spiro atoms. The molecular weight excluding hydrogens is 330 g/mol. The fourth-order valence-corrected chi connectivity index (χ4v) is 3.30. The van der Waals surface area contributed by atoms with Gasteiger partial charge < -0.3 is 20.6 Å². The Morgan fingerprint density at radius 1 is 1.27 bits per heavy atom. The fraction of sp³-hybridized carbons (Fsp3) is 0.421. The second-order valence-corrected chi connectivity index (χ2v) is 6.58. The number of aliphatic hydroxyl groups is 1. The van der Waals surface area contributed by atoms with Gasteiger partial charge in [0.25, 0.3) is 0 Å². The summed E-state index contributed by atoms with van der Waals surface area (Å²) in [6.07, 6.45) is 2.93. The third-order valence-corrected chi connectivity index (χ3v) is 4.71. The van der Waals surface area contributed by atoms with Gasteiger partial charge in [-0.15, -0.1) is 0 Å². The third kappa shape index (κ3) is 4.00. The minimum absolute atomic E-state index is 0.215. The molecule has 7 nitrogen and oxygen atoms in total. The van der Waals surface area contributed by atoms with Crippen LogP contribution in [-0.2, 0) is 24.2 Å². The van der Waals surface area contributed by atoms with Crippen LogP contribution in [0.4, 0.5) is 5.82 Å². The lowest BCUT2D eigenvalue weighted by Gasteiger charge is -2.23. The summed E-state index contributed by atoms with van der Waals surface area (Å²) in [6.45, 7) is 1.52. The second-order valence-electron chi connectivity index (χ2n) is 6.58. The molecule has 138 valence electrons. The molecule has 1 aromatic heterocycles. The average molecular weight is 355 g/mol. The fourth-order valence-electron chi connectivity index (χ4n) is 3.30. The van der Waals surface area contributed by atoms with E-state index in [1.807, 2.05) is 25.2 Å². The predicted molar refractivity (Wildman–Crippen MR) is 99.6 cm³/mol. The molecular formula is C19H25N5O2. The summed E-state index contributed by atoms with van der Waals surface area (Å²) in [6, 6.07) is 9.38. The van der Waals surface area contributed by atoms with E-state index in [1.54, 1.807) is 11.2 Å². The number of benzene rings is 1. The first-order valence-electron chi connectivity index (χ1n) is 8.83. The van der Waals surface area contributed by atoms with Crippen molar-refractivity contribution in [3.63, 3.8) is 0 Å². The Balaban J connectivity index is 1.78. The number of nitrogens with zero attached hydrogens (tertiary/aromatic N) is 4. The summed E-state index contributed by atoms with van der Waals surface area (Å²) >= 11 is 0. The first-order valence-corrected chi connectivity index (χ1v) is 8.83. The minimum atomic E-state index is -0.859. The maximum atomic E-state index is 12.3. The summed E-state index contributed by atoms with van der Waals surface area (Å²) in [5.74, 6) is 0.687. The van der Waals surface area contributed by atoms with Crippen LogP contribution in [-0.4, -0.2) is 58.7 Å². The van der Waals surface area contributed by atoms with Crippen molar-refractivity contribution >= 4 is 11.7 Å². The van der Waals surface area contributed by atoms with Gasteiger partial charge in [0.2, 0.25) is 5.91 Å². The Morgan fingerprint density at radius 3 is 2.73 bits per heavy atom. The van der Waals surface area contributed by atoms with Crippen molar-refractivity contribution in [2.24, 2.45) is 5.73 Å². The number of fused-ring (bicyclic) bond motifs is 1. The van der Waals surface area contributed by atoms with Crippen LogP contribution in [0.1, 0.15) is 16.8 Å². The molecule has 0 fully saturated rings. The zero-order chi connectivity index (χ0) is 18.5. The number of nitrogens with two attached hydrogens (primary N) is 1. The van der Waals surface area contributed by atoms with Crippen molar-refractivity contribution < 1.29 is 9.90 Å². The number of aliphatic hydroxyl groups excluding tert-OH is 1. The van der Waals surface area contributed by atoms with Crippen LogP contribution in [0.2, 0.25) is 0 Å². The van der Waals surface area contributed by atoms with Crippen molar-refractivity contribution in [2.75, 3.05) is 31.6 Å². The van der Waals surface area contributed by atoms with Crippen molar-refractivity contribution in [3.05, 3.63) is 53.5 Å². The third-order valence-electron chi connectivity index (χ3n) is 4.71. The number of anilines is 1. The summed E-state index contributed by atoms with van der Waals surface area (Å²) in [5.41, 5.74) is 8.96. The monoisotopic (exact) mass is 355 g/mol. The van der Waals surface area contributed by atoms with Crippen LogP contribution in [0, 0.1) is 0 Å². The van der Waals surface area contributed by atoms with Crippen molar-refractivity contribution in [3.8, 4) is 0 Å². The Hall–Kier alpha value is -2.51. The van der Waals surface area contributed by atoms with E-state index < -0.39 is 6.04 Å². The van der Waals surface area contributed by atoms with Gasteiger partial charge in [0, 0.05) is 38.7 Å². The van der Waals surface area contributed by atoms with Gasteiger partial charge in [-0.3, -0.25) is 4.79 Å². The van der Waals surface area contributed by atoms with Gasteiger partial charge in [0.1, 0.15) is 18.2 Å². The Morgan fingerprint density at radius 2 is 2.00 bits per heavy atom. The normalized spacial score (nSPS) is 15.1. The Kier molecular flexibility index (Phi) is 5.80. The topological polar surface area (TPSA) is 95.6 Å². The quantitative estimate of drug-likeness (QED) is 0.804. The molecule has 2 heterocycles. The molecule has 7 heteroatoms. The van der Waals surface area contributed by atoms with Crippen LogP contribution in [0.25, 0.3) is 0 Å². The molecule has 0 radical (unpaired) electrons. The molecule has 0 aliphatic carbocycles. The standard InChI is InChI=1S/C19H25N5O2/c1-23(11-14-5-3-2-4-6-14)18-15-7-9-24(19(26)16(20)12-25)10-8-17(15)21-13-22-18/h2-6,13,16,25H,7-12,20H2,1H3. The van der Waals surface area contributed by atoms with Gasteiger partial charge >= 0.3 is 0 Å². The van der Waals surface area contributed by atoms with Gasteiger partial charge in [0.05, 0.1) is 12.3 Å². The van der Waals surface area contributed by atoms with Crippen LogP contribution >= 0.6 is 0 Å². The lowest BCUT2D eigenvalue weighted by Crippen LogP contribution is -2.46. The number of hydrogen-bond donors (Lipinski definition) is 2. The molecule has 1 aliphatic heterocycles. The summed E-state index contributed by atoms with van der Waals surface area (Å²) < 4.78 is 0. The van der Waals surface area contributed by atoms with E-state index in [1.165, 1.54) is 5.56 Å². The lowest BCUT2D eigenvalue weighted by atomic mass is 10.1. The molecule has 26 heavy (non-hydrogen) atoms. The Labute approximate surface area is 153 Å². The highest BCUT2D eigenvalue weighted by Crippen LogP contribution is 2.24. The molecule has 1 aromatic carbocycles. The van der Waals surface area contributed by atoms with Gasteiger partial charge in [-0.25, -0.2) is 9.97 Å². The van der Waals surface area contributed by atoms with Crippen LogP contribution < -0.4 is 10.6 Å². The number of hydrogen-bond acceptors (Lipinski definition) is 6. The molecule has 1 amide bonds. The molecule has 1 unspecified atom stereocenters. The molecule has 0 saturated carbocycles. The number of carbonyl (C=O) groups excluding carboxylic acids is 1. The van der Waals surface area contributed by atoms with Crippen molar-refractivity contribution in [1.82, 2.24) is 14.9 Å². The average Bonchev–Trinajstić information content (AvgIpc) is 2.90. The zero-order valence-electron chi connectivity index (χ0n) is 15.0. The van der Waals surface area contributed by atoms with E-state index in [9.17, 15) is 4.79 Å². The smallest absolute Gasteiger partial charge is 0.241 e. The van der Waals surface area contributed by atoms with Gasteiger partial charge in [-0.1, -0.05) is 30.3 Å². The molecule has 3 N–H and O–H groups in total. The SMILES string of the molecule is CN(Cc1ccccc1)c1ncnc2c1CCN(C(=O)C(N)CO)CC2. The maximum absolute atomic E-state index is 12.3. The van der Waals surface area contributed by atoms with Crippen LogP contribution in [0.3, 0.4) is 0 Å². The second kappa shape index (κ2) is 8.25. The zero-order valence-corrected chi connectivity index (χ0v) is 15.0. The highest BCUT2D eigenvalue weighted by molar-refractivity contribution is 5.82. The number of rotatable bonds is 5. The highest BCUT2D eigenvalue weighted by atomic mass is 16.3. The first kappa shape index (κ1) is 18.3. The molecule has 1 aliphatic rings. The molecule has 1 atom stereocenters. The summed E-state index contributed by atoms with van der Waals surface area (Å²) in [4.78, 5) is 25.0. The molecule has 3 rings (SSSR count). The van der Waals surface area contributed by atoms with E-state index in [-0.39, 0.29) is 12.5 Å². The minimum Gasteiger partial charge on any atom is -0.394 e. The molecule has 0 bridgehead atoms. The van der Waals surface area contributed by atoms with E-state index in [2.05, 4.69) is 27.0 Å². The largest absolute Gasteiger partial charge is 0.394 e. The summed E-state index contributed by atoms with van der Waals surface area (Å²) in [5, 5.41) is 9.14. The first-order chi connectivity index (χ1) is 12.6. The number of carbonyl (C=O) groups is 1. The Bertz CT molecular complexity index is 753. The summed E-state index contributed by atoms with van der Waals surface area (Å²) in [7, 11) is 2.02.